The van der Waals surface area contributed by atoms with Crippen molar-refractivity contribution in [3.05, 3.63) is 52.5 Å². The van der Waals surface area contributed by atoms with Gasteiger partial charge >= 0.3 is 0 Å². The van der Waals surface area contributed by atoms with Crippen LogP contribution < -0.4 is 10.1 Å². The normalized spacial score (nSPS) is 10.2. The van der Waals surface area contributed by atoms with Gasteiger partial charge in [0.05, 0.1) is 17.9 Å². The maximum absolute atomic E-state index is 12.3. The molecule has 104 valence electrons. The topological polar surface area (TPSA) is 38.3 Å². The zero-order valence-corrected chi connectivity index (χ0v) is 13.4. The van der Waals surface area contributed by atoms with Crippen LogP contribution in [0.5, 0.6) is 5.75 Å². The van der Waals surface area contributed by atoms with Gasteiger partial charge in [-0.25, -0.2) is 0 Å². The smallest absolute Gasteiger partial charge is 0.256 e. The summed E-state index contributed by atoms with van der Waals surface area (Å²) in [5.41, 5.74) is 1.16. The molecule has 1 amide bonds. The Morgan fingerprint density at radius 2 is 2.05 bits per heavy atom. The van der Waals surface area contributed by atoms with Gasteiger partial charge in [0.1, 0.15) is 5.75 Å². The molecular formula is C15H14BrNO2S. The average molecular weight is 352 g/mol. The molecular weight excluding hydrogens is 338 g/mol. The molecule has 2 rings (SSSR count). The van der Waals surface area contributed by atoms with E-state index in [1.807, 2.05) is 31.2 Å². The van der Waals surface area contributed by atoms with Crippen molar-refractivity contribution in [3.8, 4) is 5.75 Å². The fraction of sp³-hybridized carbons (Fsp3) is 0.133. The van der Waals surface area contributed by atoms with Gasteiger partial charge in [-0.1, -0.05) is 28.1 Å². The molecule has 0 unspecified atom stereocenters. The fourth-order valence-corrected chi connectivity index (χ4v) is 2.59. The van der Waals surface area contributed by atoms with E-state index in [0.29, 0.717) is 28.5 Å². The number of anilines is 1. The first kappa shape index (κ1) is 14.9. The highest BCUT2D eigenvalue weighted by atomic mass is 79.9. The molecule has 0 saturated carbocycles. The Balaban J connectivity index is 2.23. The number of benzene rings is 2. The number of thiol groups is 1. The van der Waals surface area contributed by atoms with Crippen molar-refractivity contribution in [1.29, 1.82) is 0 Å². The highest BCUT2D eigenvalue weighted by Gasteiger charge is 2.12. The summed E-state index contributed by atoms with van der Waals surface area (Å²) in [6.07, 6.45) is 0. The Morgan fingerprint density at radius 1 is 1.30 bits per heavy atom. The van der Waals surface area contributed by atoms with Crippen LogP contribution in [0.15, 0.2) is 51.8 Å². The molecule has 20 heavy (non-hydrogen) atoms. The predicted molar refractivity (Wildman–Crippen MR) is 87.0 cm³/mol. The second-order valence-electron chi connectivity index (χ2n) is 4.04. The third-order valence-electron chi connectivity index (χ3n) is 2.64. The monoisotopic (exact) mass is 351 g/mol. The minimum absolute atomic E-state index is 0.213. The lowest BCUT2D eigenvalue weighted by Crippen LogP contribution is -2.13. The van der Waals surface area contributed by atoms with E-state index in [2.05, 4.69) is 33.9 Å². The molecule has 0 aliphatic rings. The van der Waals surface area contributed by atoms with Crippen LogP contribution >= 0.6 is 28.6 Å². The first-order chi connectivity index (χ1) is 9.61. The minimum atomic E-state index is -0.213. The number of halogens is 1. The standard InChI is InChI=1S/C15H14BrNO2S/c1-2-19-13-6-4-3-5-12(13)17-15(18)11-8-7-10(16)9-14(11)20/h3-9,20H,2H2,1H3,(H,17,18). The summed E-state index contributed by atoms with van der Waals surface area (Å²) >= 11 is 7.66. The van der Waals surface area contributed by atoms with Crippen molar-refractivity contribution < 1.29 is 9.53 Å². The van der Waals surface area contributed by atoms with Crippen LogP contribution in [0, 0.1) is 0 Å². The van der Waals surface area contributed by atoms with Gasteiger partial charge in [0.25, 0.3) is 5.91 Å². The number of nitrogens with one attached hydrogen (secondary N) is 1. The molecule has 0 aliphatic carbocycles. The van der Waals surface area contributed by atoms with Gasteiger partial charge < -0.3 is 10.1 Å². The van der Waals surface area contributed by atoms with Gasteiger partial charge in [-0.05, 0) is 37.3 Å². The Hall–Kier alpha value is -1.46. The molecule has 2 aromatic rings. The second kappa shape index (κ2) is 6.81. The van der Waals surface area contributed by atoms with Crippen LogP contribution in [0.1, 0.15) is 17.3 Å². The van der Waals surface area contributed by atoms with Crippen LogP contribution in [-0.4, -0.2) is 12.5 Å². The number of para-hydroxylation sites is 2. The Bertz CT molecular complexity index is 631. The van der Waals surface area contributed by atoms with Crippen LogP contribution in [0.2, 0.25) is 0 Å². The van der Waals surface area contributed by atoms with E-state index >= 15 is 0 Å². The van der Waals surface area contributed by atoms with Gasteiger partial charge in [0.15, 0.2) is 0 Å². The molecule has 0 saturated heterocycles. The van der Waals surface area contributed by atoms with Gasteiger partial charge in [-0.2, -0.15) is 0 Å². The van der Waals surface area contributed by atoms with Crippen LogP contribution in [0.4, 0.5) is 5.69 Å². The molecule has 0 spiro atoms. The van der Waals surface area contributed by atoms with E-state index in [9.17, 15) is 4.79 Å². The summed E-state index contributed by atoms with van der Waals surface area (Å²) in [5.74, 6) is 0.441. The lowest BCUT2D eigenvalue weighted by atomic mass is 10.2. The van der Waals surface area contributed by atoms with Crippen LogP contribution in [0.3, 0.4) is 0 Å². The highest BCUT2D eigenvalue weighted by Crippen LogP contribution is 2.26. The summed E-state index contributed by atoms with van der Waals surface area (Å²) < 4.78 is 6.36. The molecule has 0 bridgehead atoms. The van der Waals surface area contributed by atoms with Gasteiger partial charge in [0.2, 0.25) is 0 Å². The summed E-state index contributed by atoms with van der Waals surface area (Å²) in [6.45, 7) is 2.45. The van der Waals surface area contributed by atoms with Gasteiger partial charge in [-0.15, -0.1) is 12.6 Å². The Morgan fingerprint density at radius 3 is 2.75 bits per heavy atom. The summed E-state index contributed by atoms with van der Waals surface area (Å²) in [6, 6.07) is 12.7. The number of carbonyl (C=O) groups is 1. The number of carbonyl (C=O) groups excluding carboxylic acids is 1. The molecule has 0 aromatic heterocycles. The Labute approximate surface area is 131 Å². The lowest BCUT2D eigenvalue weighted by molar-refractivity contribution is 0.102. The van der Waals surface area contributed by atoms with Crippen LogP contribution in [0.25, 0.3) is 0 Å². The molecule has 0 atom stereocenters. The third kappa shape index (κ3) is 3.55. The Kier molecular flexibility index (Phi) is 5.09. The number of hydrogen-bond acceptors (Lipinski definition) is 3. The number of amides is 1. The summed E-state index contributed by atoms with van der Waals surface area (Å²) in [5, 5.41) is 2.84. The zero-order chi connectivity index (χ0) is 14.5. The first-order valence-electron chi connectivity index (χ1n) is 6.13. The average Bonchev–Trinajstić information content (AvgIpc) is 2.41. The second-order valence-corrected chi connectivity index (χ2v) is 5.44. The number of ether oxygens (including phenoxy) is 1. The van der Waals surface area contributed by atoms with Crippen molar-refractivity contribution in [1.82, 2.24) is 0 Å². The van der Waals surface area contributed by atoms with Crippen molar-refractivity contribution in [2.24, 2.45) is 0 Å². The van der Waals surface area contributed by atoms with E-state index in [4.69, 9.17) is 4.74 Å². The maximum atomic E-state index is 12.3. The lowest BCUT2D eigenvalue weighted by Gasteiger charge is -2.12. The van der Waals surface area contributed by atoms with E-state index in [1.165, 1.54) is 0 Å². The molecule has 0 fully saturated rings. The molecule has 0 heterocycles. The maximum Gasteiger partial charge on any atom is 0.256 e. The van der Waals surface area contributed by atoms with Crippen molar-refractivity contribution in [2.45, 2.75) is 11.8 Å². The van der Waals surface area contributed by atoms with Crippen molar-refractivity contribution in [3.63, 3.8) is 0 Å². The summed E-state index contributed by atoms with van der Waals surface area (Å²) in [4.78, 5) is 12.9. The third-order valence-corrected chi connectivity index (χ3v) is 3.50. The van der Waals surface area contributed by atoms with E-state index in [1.54, 1.807) is 18.2 Å². The van der Waals surface area contributed by atoms with Crippen molar-refractivity contribution >= 4 is 40.2 Å². The fourth-order valence-electron chi connectivity index (χ4n) is 1.74. The number of hydrogen-bond donors (Lipinski definition) is 2. The zero-order valence-electron chi connectivity index (χ0n) is 10.9. The molecule has 0 radical (unpaired) electrons. The quantitative estimate of drug-likeness (QED) is 0.801. The molecule has 2 aromatic carbocycles. The van der Waals surface area contributed by atoms with E-state index in [-0.39, 0.29) is 5.91 Å². The number of rotatable bonds is 4. The van der Waals surface area contributed by atoms with Gasteiger partial charge in [-0.3, -0.25) is 4.79 Å². The first-order valence-corrected chi connectivity index (χ1v) is 7.37. The molecule has 3 nitrogen and oxygen atoms in total. The predicted octanol–water partition coefficient (Wildman–Crippen LogP) is 4.39. The van der Waals surface area contributed by atoms with Gasteiger partial charge in [0, 0.05) is 9.37 Å². The van der Waals surface area contributed by atoms with Crippen molar-refractivity contribution in [2.75, 3.05) is 11.9 Å². The highest BCUT2D eigenvalue weighted by molar-refractivity contribution is 9.10. The summed E-state index contributed by atoms with van der Waals surface area (Å²) in [7, 11) is 0. The largest absolute Gasteiger partial charge is 0.492 e. The molecule has 1 N–H and O–H groups in total. The van der Waals surface area contributed by atoms with Crippen LogP contribution in [-0.2, 0) is 0 Å². The SMILES string of the molecule is CCOc1ccccc1NC(=O)c1ccc(Br)cc1S. The molecule has 0 aliphatic heterocycles. The molecule has 5 heteroatoms. The van der Waals surface area contributed by atoms with E-state index < -0.39 is 0 Å². The minimum Gasteiger partial charge on any atom is -0.492 e. The van der Waals surface area contributed by atoms with E-state index in [0.717, 1.165) is 4.47 Å².